The average Bonchev–Trinajstić information content (AvgIpc) is 2.36. The van der Waals surface area contributed by atoms with E-state index in [1.165, 1.54) is 6.42 Å². The molecule has 0 saturated carbocycles. The zero-order valence-corrected chi connectivity index (χ0v) is 11.1. The fraction of sp³-hybridized carbons (Fsp3) is 0.917. The summed E-state index contributed by atoms with van der Waals surface area (Å²) in [5.41, 5.74) is 0. The van der Waals surface area contributed by atoms with E-state index < -0.39 is 0 Å². The molecular formula is C12H25N3O2. The van der Waals surface area contributed by atoms with Gasteiger partial charge in [-0.2, -0.15) is 0 Å². The third-order valence-corrected chi connectivity index (χ3v) is 2.98. The topological polar surface area (TPSA) is 44.8 Å². The Bertz CT molecular complexity index is 216. The first kappa shape index (κ1) is 14.3. The Morgan fingerprint density at radius 3 is 2.53 bits per heavy atom. The van der Waals surface area contributed by atoms with Crippen molar-refractivity contribution in [2.45, 2.75) is 20.3 Å². The number of carbonyl (C=O) groups excluding carboxylic acids is 1. The standard InChI is InChI=1S/C12H25N3O2/c1-3-13-6-5-7-14-8-10-15(11-9-14)12(16)17-4-2/h13H,3-11H2,1-2H3. The highest BCUT2D eigenvalue weighted by Crippen LogP contribution is 2.04. The predicted octanol–water partition coefficient (Wildman–Crippen LogP) is 0.760. The molecule has 1 fully saturated rings. The van der Waals surface area contributed by atoms with E-state index in [4.69, 9.17) is 4.74 Å². The van der Waals surface area contributed by atoms with Crippen LogP contribution in [0.5, 0.6) is 0 Å². The SMILES string of the molecule is CCNCCCN1CCN(C(=O)OCC)CC1. The molecule has 0 radical (unpaired) electrons. The molecule has 0 spiro atoms. The molecule has 0 aromatic rings. The van der Waals surface area contributed by atoms with Gasteiger partial charge >= 0.3 is 6.09 Å². The molecule has 0 bridgehead atoms. The molecule has 0 unspecified atom stereocenters. The van der Waals surface area contributed by atoms with Gasteiger partial charge in [-0.25, -0.2) is 4.79 Å². The Hall–Kier alpha value is -0.810. The van der Waals surface area contributed by atoms with Crippen LogP contribution >= 0.6 is 0 Å². The van der Waals surface area contributed by atoms with Gasteiger partial charge in [0.2, 0.25) is 0 Å². The van der Waals surface area contributed by atoms with Crippen LogP contribution in [0.3, 0.4) is 0 Å². The minimum Gasteiger partial charge on any atom is -0.450 e. The summed E-state index contributed by atoms with van der Waals surface area (Å²) in [7, 11) is 0. The van der Waals surface area contributed by atoms with Gasteiger partial charge in [0.1, 0.15) is 0 Å². The smallest absolute Gasteiger partial charge is 0.409 e. The summed E-state index contributed by atoms with van der Waals surface area (Å²) in [5, 5.41) is 3.32. The number of nitrogens with zero attached hydrogens (tertiary/aromatic N) is 2. The molecule has 100 valence electrons. The number of amides is 1. The molecule has 1 saturated heterocycles. The number of hydrogen-bond acceptors (Lipinski definition) is 4. The van der Waals surface area contributed by atoms with Gasteiger partial charge in [-0.05, 0) is 33.0 Å². The van der Waals surface area contributed by atoms with Gasteiger partial charge in [0.15, 0.2) is 0 Å². The van der Waals surface area contributed by atoms with E-state index in [1.807, 2.05) is 6.92 Å². The summed E-state index contributed by atoms with van der Waals surface area (Å²) in [5.74, 6) is 0. The van der Waals surface area contributed by atoms with Crippen LogP contribution in [-0.4, -0.2) is 68.3 Å². The maximum atomic E-state index is 11.5. The van der Waals surface area contributed by atoms with E-state index in [0.29, 0.717) is 6.61 Å². The molecule has 0 aromatic heterocycles. The summed E-state index contributed by atoms with van der Waals surface area (Å²) < 4.78 is 4.99. The van der Waals surface area contributed by atoms with E-state index in [1.54, 1.807) is 4.90 Å². The first-order valence-corrected chi connectivity index (χ1v) is 6.62. The zero-order valence-electron chi connectivity index (χ0n) is 11.1. The van der Waals surface area contributed by atoms with Crippen LogP contribution in [0.1, 0.15) is 20.3 Å². The van der Waals surface area contributed by atoms with E-state index in [-0.39, 0.29) is 6.09 Å². The Kier molecular flexibility index (Phi) is 6.96. The van der Waals surface area contributed by atoms with Gasteiger partial charge in [0, 0.05) is 26.2 Å². The van der Waals surface area contributed by atoms with Gasteiger partial charge in [-0.1, -0.05) is 6.92 Å². The second kappa shape index (κ2) is 8.31. The minimum absolute atomic E-state index is 0.167. The van der Waals surface area contributed by atoms with Crippen LogP contribution in [0.15, 0.2) is 0 Å². The zero-order chi connectivity index (χ0) is 12.5. The monoisotopic (exact) mass is 243 g/mol. The maximum absolute atomic E-state index is 11.5. The Balaban J connectivity index is 2.11. The van der Waals surface area contributed by atoms with E-state index >= 15 is 0 Å². The molecular weight excluding hydrogens is 218 g/mol. The summed E-state index contributed by atoms with van der Waals surface area (Å²) in [6, 6.07) is 0. The predicted molar refractivity (Wildman–Crippen MR) is 68.2 cm³/mol. The average molecular weight is 243 g/mol. The van der Waals surface area contributed by atoms with Crippen LogP contribution in [0.4, 0.5) is 4.79 Å². The van der Waals surface area contributed by atoms with E-state index in [2.05, 4.69) is 17.1 Å². The van der Waals surface area contributed by atoms with Crippen molar-refractivity contribution in [3.05, 3.63) is 0 Å². The van der Waals surface area contributed by atoms with Gasteiger partial charge in [0.25, 0.3) is 0 Å². The number of ether oxygens (including phenoxy) is 1. The Labute approximate surface area is 104 Å². The molecule has 1 rings (SSSR count). The Morgan fingerprint density at radius 1 is 1.24 bits per heavy atom. The lowest BCUT2D eigenvalue weighted by Gasteiger charge is -2.33. The number of hydrogen-bond donors (Lipinski definition) is 1. The fourth-order valence-electron chi connectivity index (χ4n) is 1.97. The van der Waals surface area contributed by atoms with Crippen LogP contribution in [0.2, 0.25) is 0 Å². The molecule has 0 aromatic carbocycles. The molecule has 5 heteroatoms. The Morgan fingerprint density at radius 2 is 1.94 bits per heavy atom. The van der Waals surface area contributed by atoms with Gasteiger partial charge in [-0.15, -0.1) is 0 Å². The highest BCUT2D eigenvalue weighted by Gasteiger charge is 2.21. The molecule has 5 nitrogen and oxygen atoms in total. The largest absolute Gasteiger partial charge is 0.450 e. The van der Waals surface area contributed by atoms with Crippen molar-refractivity contribution in [3.8, 4) is 0 Å². The highest BCUT2D eigenvalue weighted by molar-refractivity contribution is 5.67. The summed E-state index contributed by atoms with van der Waals surface area (Å²) >= 11 is 0. The highest BCUT2D eigenvalue weighted by atomic mass is 16.6. The fourth-order valence-corrected chi connectivity index (χ4v) is 1.97. The number of piperazine rings is 1. The van der Waals surface area contributed by atoms with Crippen molar-refractivity contribution in [3.63, 3.8) is 0 Å². The quantitative estimate of drug-likeness (QED) is 0.700. The molecule has 1 N–H and O–H groups in total. The lowest BCUT2D eigenvalue weighted by Crippen LogP contribution is -2.49. The summed E-state index contributed by atoms with van der Waals surface area (Å²) in [4.78, 5) is 15.7. The van der Waals surface area contributed by atoms with Crippen molar-refractivity contribution >= 4 is 6.09 Å². The normalized spacial score (nSPS) is 17.2. The molecule has 17 heavy (non-hydrogen) atoms. The number of carbonyl (C=O) groups is 1. The molecule has 1 aliphatic heterocycles. The first-order valence-electron chi connectivity index (χ1n) is 6.62. The van der Waals surface area contributed by atoms with Crippen LogP contribution in [-0.2, 0) is 4.74 Å². The summed E-state index contributed by atoms with van der Waals surface area (Å²) in [6.45, 7) is 11.2. The molecule has 1 aliphatic rings. The second-order valence-corrected chi connectivity index (χ2v) is 4.23. The third-order valence-electron chi connectivity index (χ3n) is 2.98. The molecule has 0 atom stereocenters. The van der Waals surface area contributed by atoms with Crippen LogP contribution in [0.25, 0.3) is 0 Å². The second-order valence-electron chi connectivity index (χ2n) is 4.23. The number of nitrogens with one attached hydrogen (secondary N) is 1. The van der Waals surface area contributed by atoms with Gasteiger partial charge in [-0.3, -0.25) is 4.90 Å². The van der Waals surface area contributed by atoms with Gasteiger partial charge < -0.3 is 15.0 Å². The lowest BCUT2D eigenvalue weighted by atomic mass is 10.3. The molecule has 0 aliphatic carbocycles. The van der Waals surface area contributed by atoms with Crippen molar-refractivity contribution in [2.75, 3.05) is 52.4 Å². The van der Waals surface area contributed by atoms with Crippen LogP contribution < -0.4 is 5.32 Å². The summed E-state index contributed by atoms with van der Waals surface area (Å²) in [6.07, 6.45) is 1.01. The molecule has 1 heterocycles. The lowest BCUT2D eigenvalue weighted by molar-refractivity contribution is 0.0794. The third kappa shape index (κ3) is 5.37. The van der Waals surface area contributed by atoms with Crippen LogP contribution in [0, 0.1) is 0 Å². The maximum Gasteiger partial charge on any atom is 0.409 e. The van der Waals surface area contributed by atoms with E-state index in [0.717, 1.165) is 45.8 Å². The minimum atomic E-state index is -0.167. The van der Waals surface area contributed by atoms with Crippen molar-refractivity contribution in [1.82, 2.24) is 15.1 Å². The van der Waals surface area contributed by atoms with Crippen molar-refractivity contribution < 1.29 is 9.53 Å². The van der Waals surface area contributed by atoms with Crippen molar-refractivity contribution in [1.29, 1.82) is 0 Å². The molecule has 1 amide bonds. The first-order chi connectivity index (χ1) is 8.27. The number of rotatable bonds is 6. The van der Waals surface area contributed by atoms with Crippen molar-refractivity contribution in [2.24, 2.45) is 0 Å². The van der Waals surface area contributed by atoms with E-state index in [9.17, 15) is 4.79 Å². The van der Waals surface area contributed by atoms with Gasteiger partial charge in [0.05, 0.1) is 6.61 Å².